The summed E-state index contributed by atoms with van der Waals surface area (Å²) in [5, 5.41) is 7.22. The highest BCUT2D eigenvalue weighted by Crippen LogP contribution is 2.07. The molecule has 0 atom stereocenters. The fraction of sp³-hybridized carbons (Fsp3) is 0.538. The quantitative estimate of drug-likeness (QED) is 0.746. The van der Waals surface area contributed by atoms with Crippen molar-refractivity contribution in [2.45, 2.75) is 13.8 Å². The van der Waals surface area contributed by atoms with Crippen LogP contribution in [0.4, 0.5) is 0 Å². The Morgan fingerprint density at radius 2 is 2.00 bits per heavy atom. The van der Waals surface area contributed by atoms with Crippen LogP contribution in [0.2, 0.25) is 0 Å². The molecule has 1 heterocycles. The highest BCUT2D eigenvalue weighted by atomic mass is 32.1. The molecular weight excluding hydrogens is 262 g/mol. The van der Waals surface area contributed by atoms with Crippen LogP contribution in [0.5, 0.6) is 0 Å². The molecule has 0 aliphatic carbocycles. The van der Waals surface area contributed by atoms with E-state index in [9.17, 15) is 9.59 Å². The molecule has 6 heteroatoms. The summed E-state index contributed by atoms with van der Waals surface area (Å²) in [5.41, 5.74) is 0. The molecule has 2 N–H and O–H groups in total. The molecule has 1 aromatic rings. The van der Waals surface area contributed by atoms with Gasteiger partial charge in [-0.3, -0.25) is 9.59 Å². The van der Waals surface area contributed by atoms with E-state index < -0.39 is 0 Å². The van der Waals surface area contributed by atoms with E-state index in [4.69, 9.17) is 0 Å². The van der Waals surface area contributed by atoms with Crippen LogP contribution in [0.25, 0.3) is 0 Å². The Morgan fingerprint density at radius 1 is 1.26 bits per heavy atom. The minimum atomic E-state index is -0.200. The maximum absolute atomic E-state index is 11.6. The number of nitrogens with zero attached hydrogens (tertiary/aromatic N) is 1. The molecule has 0 saturated heterocycles. The summed E-state index contributed by atoms with van der Waals surface area (Å²) in [6.07, 6.45) is 0. The minimum Gasteiger partial charge on any atom is -0.353 e. The van der Waals surface area contributed by atoms with E-state index in [1.165, 1.54) is 11.3 Å². The fourth-order valence-electron chi connectivity index (χ4n) is 1.61. The lowest BCUT2D eigenvalue weighted by Gasteiger charge is -2.17. The lowest BCUT2D eigenvalue weighted by atomic mass is 10.4. The van der Waals surface area contributed by atoms with Crippen molar-refractivity contribution in [3.8, 4) is 0 Å². The third kappa shape index (κ3) is 5.85. The summed E-state index contributed by atoms with van der Waals surface area (Å²) in [7, 11) is 0. The first-order valence-corrected chi connectivity index (χ1v) is 7.36. The van der Waals surface area contributed by atoms with Crippen molar-refractivity contribution >= 4 is 23.2 Å². The molecule has 0 spiro atoms. The highest BCUT2D eigenvalue weighted by Gasteiger charge is 2.08. The zero-order valence-electron chi connectivity index (χ0n) is 11.4. The molecule has 1 aromatic heterocycles. The zero-order chi connectivity index (χ0) is 14.1. The minimum absolute atomic E-state index is 0.0228. The second-order valence-corrected chi connectivity index (χ2v) is 4.98. The van der Waals surface area contributed by atoms with Gasteiger partial charge in [-0.2, -0.15) is 0 Å². The molecule has 0 aliphatic rings. The molecular formula is C13H21N3O2S. The molecule has 19 heavy (non-hydrogen) atoms. The highest BCUT2D eigenvalue weighted by molar-refractivity contribution is 7.12. The Balaban J connectivity index is 2.16. The molecule has 1 rings (SSSR count). The van der Waals surface area contributed by atoms with Crippen LogP contribution in [-0.4, -0.2) is 49.4 Å². The van der Waals surface area contributed by atoms with Crippen molar-refractivity contribution < 1.29 is 9.59 Å². The van der Waals surface area contributed by atoms with Gasteiger partial charge in [-0.05, 0) is 24.5 Å². The summed E-state index contributed by atoms with van der Waals surface area (Å²) in [6, 6.07) is 3.54. The van der Waals surface area contributed by atoms with Crippen molar-refractivity contribution in [1.29, 1.82) is 0 Å². The maximum Gasteiger partial charge on any atom is 0.261 e. The van der Waals surface area contributed by atoms with E-state index in [1.807, 2.05) is 11.4 Å². The first-order valence-electron chi connectivity index (χ1n) is 6.48. The molecule has 0 fully saturated rings. The standard InChI is InChI=1S/C13H21N3O2S/c1-3-16(4-2)8-7-14-12(17)10-15-13(18)11-6-5-9-19-11/h5-6,9H,3-4,7-8,10H2,1-2H3,(H,14,17)(H,15,18). The topological polar surface area (TPSA) is 61.4 Å². The molecule has 5 nitrogen and oxygen atoms in total. The van der Waals surface area contributed by atoms with Gasteiger partial charge in [0, 0.05) is 13.1 Å². The van der Waals surface area contributed by atoms with E-state index >= 15 is 0 Å². The Labute approximate surface area is 118 Å². The van der Waals surface area contributed by atoms with Gasteiger partial charge in [0.1, 0.15) is 0 Å². The zero-order valence-corrected chi connectivity index (χ0v) is 12.3. The molecule has 106 valence electrons. The van der Waals surface area contributed by atoms with E-state index in [0.29, 0.717) is 11.4 Å². The molecule has 0 unspecified atom stereocenters. The SMILES string of the molecule is CCN(CC)CCNC(=O)CNC(=O)c1cccs1. The largest absolute Gasteiger partial charge is 0.353 e. The number of thiophene rings is 1. The number of hydrogen-bond donors (Lipinski definition) is 2. The van der Waals surface area contributed by atoms with Crippen LogP contribution in [-0.2, 0) is 4.79 Å². The normalized spacial score (nSPS) is 10.5. The predicted molar refractivity (Wildman–Crippen MR) is 77.4 cm³/mol. The van der Waals surface area contributed by atoms with Gasteiger partial charge in [-0.15, -0.1) is 11.3 Å². The van der Waals surface area contributed by atoms with Crippen LogP contribution in [0, 0.1) is 0 Å². The Bertz CT molecular complexity index is 389. The molecule has 0 aromatic carbocycles. The second kappa shape index (κ2) is 8.66. The number of amides is 2. The van der Waals surface area contributed by atoms with E-state index in [-0.39, 0.29) is 18.4 Å². The van der Waals surface area contributed by atoms with Gasteiger partial charge in [0.25, 0.3) is 5.91 Å². The van der Waals surface area contributed by atoms with Crippen LogP contribution in [0.1, 0.15) is 23.5 Å². The van der Waals surface area contributed by atoms with E-state index in [1.54, 1.807) is 6.07 Å². The van der Waals surface area contributed by atoms with Gasteiger partial charge in [-0.1, -0.05) is 19.9 Å². The molecule has 0 aliphatic heterocycles. The van der Waals surface area contributed by atoms with Gasteiger partial charge in [0.05, 0.1) is 11.4 Å². The monoisotopic (exact) mass is 283 g/mol. The Morgan fingerprint density at radius 3 is 2.58 bits per heavy atom. The molecule has 2 amide bonds. The van der Waals surface area contributed by atoms with Gasteiger partial charge < -0.3 is 15.5 Å². The fourth-order valence-corrected chi connectivity index (χ4v) is 2.25. The summed E-state index contributed by atoms with van der Waals surface area (Å²) in [4.78, 5) is 26.0. The molecule has 0 saturated carbocycles. The summed E-state index contributed by atoms with van der Waals surface area (Å²) < 4.78 is 0. The predicted octanol–water partition coefficient (Wildman–Crippen LogP) is 0.936. The van der Waals surface area contributed by atoms with Gasteiger partial charge in [-0.25, -0.2) is 0 Å². The number of likely N-dealkylation sites (N-methyl/N-ethyl adjacent to an activating group) is 1. The van der Waals surface area contributed by atoms with E-state index in [2.05, 4.69) is 29.4 Å². The summed E-state index contributed by atoms with van der Waals surface area (Å²) >= 11 is 1.36. The Kier molecular flexibility index (Phi) is 7.14. The van der Waals surface area contributed by atoms with Crippen LogP contribution < -0.4 is 10.6 Å². The van der Waals surface area contributed by atoms with Crippen LogP contribution >= 0.6 is 11.3 Å². The lowest BCUT2D eigenvalue weighted by Crippen LogP contribution is -2.40. The van der Waals surface area contributed by atoms with E-state index in [0.717, 1.165) is 19.6 Å². The van der Waals surface area contributed by atoms with Crippen molar-refractivity contribution in [1.82, 2.24) is 15.5 Å². The average molecular weight is 283 g/mol. The number of rotatable bonds is 8. The van der Waals surface area contributed by atoms with Crippen molar-refractivity contribution in [2.75, 3.05) is 32.7 Å². The third-order valence-corrected chi connectivity index (χ3v) is 3.67. The number of nitrogens with one attached hydrogen (secondary N) is 2. The smallest absolute Gasteiger partial charge is 0.261 e. The number of carbonyl (C=O) groups is 2. The second-order valence-electron chi connectivity index (χ2n) is 4.04. The maximum atomic E-state index is 11.6. The van der Waals surface area contributed by atoms with Crippen molar-refractivity contribution in [3.05, 3.63) is 22.4 Å². The lowest BCUT2D eigenvalue weighted by molar-refractivity contribution is -0.120. The first-order chi connectivity index (χ1) is 9.17. The van der Waals surface area contributed by atoms with Gasteiger partial charge >= 0.3 is 0 Å². The summed E-state index contributed by atoms with van der Waals surface area (Å²) in [6.45, 7) is 7.59. The van der Waals surface area contributed by atoms with Crippen molar-refractivity contribution in [3.63, 3.8) is 0 Å². The summed E-state index contributed by atoms with van der Waals surface area (Å²) in [5.74, 6) is -0.356. The molecule has 0 bridgehead atoms. The van der Waals surface area contributed by atoms with Crippen LogP contribution in [0.15, 0.2) is 17.5 Å². The average Bonchev–Trinajstić information content (AvgIpc) is 2.95. The molecule has 0 radical (unpaired) electrons. The number of hydrogen-bond acceptors (Lipinski definition) is 4. The van der Waals surface area contributed by atoms with Gasteiger partial charge in [0.15, 0.2) is 0 Å². The third-order valence-electron chi connectivity index (χ3n) is 2.80. The van der Waals surface area contributed by atoms with Crippen molar-refractivity contribution in [2.24, 2.45) is 0 Å². The first kappa shape index (κ1) is 15.7. The Hall–Kier alpha value is -1.40. The van der Waals surface area contributed by atoms with Crippen LogP contribution in [0.3, 0.4) is 0 Å². The van der Waals surface area contributed by atoms with Gasteiger partial charge in [0.2, 0.25) is 5.91 Å². The number of carbonyl (C=O) groups excluding carboxylic acids is 2.